The number of hydrogen-bond donors (Lipinski definition) is 1. The van der Waals surface area contributed by atoms with Gasteiger partial charge in [0.15, 0.2) is 5.78 Å². The van der Waals surface area contributed by atoms with Crippen LogP contribution in [0.25, 0.3) is 0 Å². The molecule has 3 saturated carbocycles. The van der Waals surface area contributed by atoms with E-state index >= 15 is 0 Å². The van der Waals surface area contributed by atoms with E-state index in [-0.39, 0.29) is 57.2 Å². The number of carbonyl (C=O) groups excluding carboxylic acids is 3. The van der Waals surface area contributed by atoms with Crippen LogP contribution < -0.4 is 0 Å². The molecule has 5 aliphatic carbocycles. The van der Waals surface area contributed by atoms with E-state index in [4.69, 9.17) is 4.74 Å². The summed E-state index contributed by atoms with van der Waals surface area (Å²) < 4.78 is 5.23. The lowest BCUT2D eigenvalue weighted by Gasteiger charge is -2.67. The Morgan fingerprint density at radius 1 is 1.05 bits per heavy atom. The first-order valence-electron chi connectivity index (χ1n) is 13.8. The minimum absolute atomic E-state index is 0.0210. The van der Waals surface area contributed by atoms with Gasteiger partial charge >= 0.3 is 5.97 Å². The molecule has 0 aromatic carbocycles. The van der Waals surface area contributed by atoms with Gasteiger partial charge in [-0.15, -0.1) is 0 Å². The molecule has 3 fully saturated rings. The third kappa shape index (κ3) is 3.28. The third-order valence-corrected chi connectivity index (χ3v) is 11.9. The van der Waals surface area contributed by atoms with Crippen LogP contribution in [-0.4, -0.2) is 35.4 Å². The van der Waals surface area contributed by atoms with Gasteiger partial charge in [-0.2, -0.15) is 5.26 Å². The zero-order chi connectivity index (χ0) is 27.3. The van der Waals surface area contributed by atoms with Crippen LogP contribution in [-0.2, 0) is 19.1 Å². The van der Waals surface area contributed by atoms with Gasteiger partial charge in [0.1, 0.15) is 11.7 Å². The zero-order valence-electron chi connectivity index (χ0n) is 23.3. The molecule has 0 heterocycles. The Bertz CT molecular complexity index is 1190. The van der Waals surface area contributed by atoms with Gasteiger partial charge in [0.05, 0.1) is 18.6 Å². The molecule has 37 heavy (non-hydrogen) atoms. The number of fused-ring (bicyclic) bond motifs is 7. The fourth-order valence-electron chi connectivity index (χ4n) is 10.1. The van der Waals surface area contributed by atoms with E-state index in [0.29, 0.717) is 6.42 Å². The Hall–Kier alpha value is -2.26. The van der Waals surface area contributed by atoms with Crippen molar-refractivity contribution in [1.29, 1.82) is 5.26 Å². The summed E-state index contributed by atoms with van der Waals surface area (Å²) >= 11 is 0. The zero-order valence-corrected chi connectivity index (χ0v) is 23.3. The minimum atomic E-state index is -1.66. The summed E-state index contributed by atoms with van der Waals surface area (Å²) in [5, 5.41) is 21.1. The molecule has 0 aromatic heterocycles. The number of nitriles is 1. The number of methoxy groups -OCH3 is 1. The average Bonchev–Trinajstić information content (AvgIpc) is 2.81. The highest BCUT2D eigenvalue weighted by molar-refractivity contribution is 6.06. The third-order valence-electron chi connectivity index (χ3n) is 11.9. The highest BCUT2D eigenvalue weighted by Gasteiger charge is 2.69. The first kappa shape index (κ1) is 26.4. The Labute approximate surface area is 220 Å². The van der Waals surface area contributed by atoms with Crippen LogP contribution in [0.3, 0.4) is 0 Å². The topological polar surface area (TPSA) is 104 Å². The van der Waals surface area contributed by atoms with Gasteiger partial charge in [0.25, 0.3) is 0 Å². The van der Waals surface area contributed by atoms with Gasteiger partial charge in [-0.3, -0.25) is 14.4 Å². The van der Waals surface area contributed by atoms with Crippen LogP contribution in [0.5, 0.6) is 0 Å². The Morgan fingerprint density at radius 2 is 1.73 bits per heavy atom. The lowest BCUT2D eigenvalue weighted by atomic mass is 9.36. The van der Waals surface area contributed by atoms with Crippen LogP contribution in [0.2, 0.25) is 0 Å². The fourth-order valence-corrected chi connectivity index (χ4v) is 10.1. The number of aliphatic hydroxyl groups is 1. The summed E-state index contributed by atoms with van der Waals surface area (Å²) in [5.74, 6) is -1.14. The molecule has 0 saturated heterocycles. The summed E-state index contributed by atoms with van der Waals surface area (Å²) in [4.78, 5) is 40.0. The molecule has 5 rings (SSSR count). The van der Waals surface area contributed by atoms with Crippen molar-refractivity contribution in [2.75, 3.05) is 7.11 Å². The lowest BCUT2D eigenvalue weighted by Crippen LogP contribution is -2.65. The monoisotopic (exact) mass is 507 g/mol. The Balaban J connectivity index is 1.66. The molecular weight excluding hydrogens is 466 g/mol. The van der Waals surface area contributed by atoms with Crippen LogP contribution in [0.4, 0.5) is 0 Å². The molecule has 0 amide bonds. The van der Waals surface area contributed by atoms with Crippen LogP contribution in [0.15, 0.2) is 23.3 Å². The van der Waals surface area contributed by atoms with Gasteiger partial charge in [-0.25, -0.2) is 0 Å². The number of Topliss-reactive ketones (excluding diaryl/α,β-unsaturated/α-hetero) is 1. The summed E-state index contributed by atoms with van der Waals surface area (Å²) in [6.45, 7) is 12.4. The number of rotatable bonds is 1. The fraction of sp³-hybridized carbons (Fsp3) is 0.742. The van der Waals surface area contributed by atoms with Crippen molar-refractivity contribution < 1.29 is 24.2 Å². The van der Waals surface area contributed by atoms with E-state index in [9.17, 15) is 24.8 Å². The van der Waals surface area contributed by atoms with Gasteiger partial charge < -0.3 is 9.84 Å². The van der Waals surface area contributed by atoms with E-state index in [2.05, 4.69) is 27.7 Å². The highest BCUT2D eigenvalue weighted by Crippen LogP contribution is 2.72. The summed E-state index contributed by atoms with van der Waals surface area (Å²) in [7, 11) is 1.46. The Morgan fingerprint density at radius 3 is 2.35 bits per heavy atom. The van der Waals surface area contributed by atoms with Crippen LogP contribution in [0.1, 0.15) is 80.1 Å². The second kappa shape index (κ2) is 7.88. The summed E-state index contributed by atoms with van der Waals surface area (Å²) in [6.07, 6.45) is 8.34. The summed E-state index contributed by atoms with van der Waals surface area (Å²) in [6, 6.07) is 2.02. The number of hydrogen-bond acceptors (Lipinski definition) is 6. The van der Waals surface area contributed by atoms with Gasteiger partial charge in [0, 0.05) is 17.3 Å². The van der Waals surface area contributed by atoms with Crippen molar-refractivity contribution in [2.24, 2.45) is 51.2 Å². The molecule has 0 spiro atoms. The molecule has 0 aliphatic heterocycles. The molecule has 0 bridgehead atoms. The first-order chi connectivity index (χ1) is 17.1. The second-order valence-electron chi connectivity index (χ2n) is 14.3. The van der Waals surface area contributed by atoms with Gasteiger partial charge in [0.2, 0.25) is 5.78 Å². The number of carbonyl (C=O) groups is 3. The highest BCUT2D eigenvalue weighted by atomic mass is 16.5. The molecule has 5 aliphatic rings. The number of nitrogens with zero attached hydrogens (tertiary/aromatic N) is 1. The second-order valence-corrected chi connectivity index (χ2v) is 14.3. The summed E-state index contributed by atoms with van der Waals surface area (Å²) in [5.41, 5.74) is -2.22. The number of ketones is 2. The van der Waals surface area contributed by atoms with Crippen molar-refractivity contribution in [1.82, 2.24) is 0 Å². The van der Waals surface area contributed by atoms with Gasteiger partial charge in [-0.1, -0.05) is 46.3 Å². The molecule has 200 valence electrons. The maximum absolute atomic E-state index is 14.2. The van der Waals surface area contributed by atoms with Gasteiger partial charge in [-0.05, 0) is 79.6 Å². The molecule has 0 aromatic rings. The molecule has 1 N–H and O–H groups in total. The van der Waals surface area contributed by atoms with Crippen molar-refractivity contribution in [3.05, 3.63) is 23.3 Å². The van der Waals surface area contributed by atoms with E-state index in [1.165, 1.54) is 14.0 Å². The SMILES string of the molecule is COC(=O)[C@@H]1CC(C)(C)C[C@@H]2C1CC[C@]1(C)[C@@H]2C(=O)C=C2[C@@]3(C)C=C(C#N)C(=O)[C@](C)(O)[C@@H]3CC[C@]21C. The smallest absolute Gasteiger partial charge is 0.308 e. The molecule has 1 unspecified atom stereocenters. The Kier molecular flexibility index (Phi) is 5.61. The van der Waals surface area contributed by atoms with E-state index in [0.717, 1.165) is 37.7 Å². The maximum atomic E-state index is 14.2. The molecule has 9 atom stereocenters. The molecule has 6 heteroatoms. The largest absolute Gasteiger partial charge is 0.469 e. The molecule has 0 radical (unpaired) electrons. The molecular formula is C31H41NO5. The van der Waals surface area contributed by atoms with E-state index in [1.807, 2.05) is 19.1 Å². The van der Waals surface area contributed by atoms with Crippen molar-refractivity contribution >= 4 is 17.5 Å². The quantitative estimate of drug-likeness (QED) is 0.503. The van der Waals surface area contributed by atoms with Crippen molar-refractivity contribution in [3.63, 3.8) is 0 Å². The maximum Gasteiger partial charge on any atom is 0.308 e. The number of ether oxygens (including phenoxy) is 1. The van der Waals surface area contributed by atoms with Crippen molar-refractivity contribution in [3.8, 4) is 6.07 Å². The predicted octanol–water partition coefficient (Wildman–Crippen LogP) is 4.96. The average molecular weight is 508 g/mol. The first-order valence-corrected chi connectivity index (χ1v) is 13.8. The standard InChI is InChI=1S/C31H41NO5/c1-27(2)14-19-18(20(15-27)26(35)37-7)8-10-30(5)24(19)21(33)12-23-28(3)13-17(16-32)25(34)31(6,36)22(28)9-11-29(23,30)4/h12-13,18-20,22,24,36H,8-11,14-15H2,1-7H3/t18?,19-,20-,22-,24+,28+,29-,30-,31-/m1/s1. The number of allylic oxidation sites excluding steroid dienone is 3. The van der Waals surface area contributed by atoms with E-state index in [1.54, 1.807) is 6.08 Å². The van der Waals surface area contributed by atoms with E-state index < -0.39 is 22.7 Å². The predicted molar refractivity (Wildman–Crippen MR) is 138 cm³/mol. The lowest BCUT2D eigenvalue weighted by molar-refractivity contribution is -0.174. The van der Waals surface area contributed by atoms with Crippen LogP contribution in [0, 0.1) is 62.6 Å². The normalized spacial score (nSPS) is 48.2. The minimum Gasteiger partial charge on any atom is -0.469 e. The van der Waals surface area contributed by atoms with Crippen molar-refractivity contribution in [2.45, 2.75) is 85.7 Å². The molecule has 6 nitrogen and oxygen atoms in total. The van der Waals surface area contributed by atoms with Crippen LogP contribution >= 0.6 is 0 Å². The number of esters is 1.